The molecule has 0 saturated heterocycles. The maximum Gasteiger partial charge on any atom is 0.0594 e. The van der Waals surface area contributed by atoms with E-state index in [-0.39, 0.29) is 16.9 Å². The van der Waals surface area contributed by atoms with Gasteiger partial charge in [-0.15, -0.1) is 0 Å². The molecule has 0 aromatic carbocycles. The van der Waals surface area contributed by atoms with E-state index in [0.717, 1.165) is 18.3 Å². The first-order valence-electron chi connectivity index (χ1n) is 13.8. The Morgan fingerprint density at radius 1 is 0.812 bits per heavy atom. The fourth-order valence-corrected chi connectivity index (χ4v) is 11.5. The van der Waals surface area contributed by atoms with E-state index in [0.29, 0.717) is 40.6 Å². The molecule has 0 bridgehead atoms. The largest absolute Gasteiger partial charge is 0.396 e. The van der Waals surface area contributed by atoms with Gasteiger partial charge in [-0.05, 0) is 128 Å². The van der Waals surface area contributed by atoms with Crippen LogP contribution in [0.15, 0.2) is 12.2 Å². The first-order chi connectivity index (χ1) is 14.9. The Morgan fingerprint density at radius 3 is 2.19 bits per heavy atom. The van der Waals surface area contributed by atoms with E-state index in [1.165, 1.54) is 63.4 Å². The fraction of sp³-hybridized carbons (Fsp3) is 0.933. The summed E-state index contributed by atoms with van der Waals surface area (Å²) in [7, 11) is 0. The molecule has 0 aromatic rings. The number of rotatable bonds is 2. The van der Waals surface area contributed by atoms with Gasteiger partial charge in [-0.2, -0.15) is 0 Å². The molecule has 0 aliphatic heterocycles. The molecule has 2 N–H and O–H groups in total. The van der Waals surface area contributed by atoms with Gasteiger partial charge >= 0.3 is 0 Å². The van der Waals surface area contributed by atoms with Gasteiger partial charge in [-0.3, -0.25) is 0 Å². The maximum absolute atomic E-state index is 10.9. The van der Waals surface area contributed by atoms with Crippen LogP contribution in [0.3, 0.4) is 0 Å². The van der Waals surface area contributed by atoms with E-state index < -0.39 is 0 Å². The fourth-order valence-electron chi connectivity index (χ4n) is 11.5. The van der Waals surface area contributed by atoms with E-state index in [9.17, 15) is 10.2 Å². The van der Waals surface area contributed by atoms with E-state index >= 15 is 0 Å². The minimum Gasteiger partial charge on any atom is -0.396 e. The molecule has 0 radical (unpaired) electrons. The second-order valence-electron chi connectivity index (χ2n) is 14.6. The summed E-state index contributed by atoms with van der Waals surface area (Å²) in [6.07, 6.45) is 12.2. The Labute approximate surface area is 197 Å². The summed E-state index contributed by atoms with van der Waals surface area (Å²) in [5, 5.41) is 21.5. The lowest BCUT2D eigenvalue weighted by molar-refractivity contribution is -0.249. The summed E-state index contributed by atoms with van der Waals surface area (Å²) in [6.45, 7) is 19.7. The molecule has 0 amide bonds. The molecular formula is C30H50O2. The standard InChI is InChI=1S/C30H50O2/c1-19(2)20-10-15-30(18-31)17-16-28(6)21(25(20)30)8-9-23-27(5)13-12-24(32)26(3,4)22(27)11-14-29(23,28)7/h20-25,31-32H,1,8-18H2,2-7H3/t20-,21+,22+,23-,24-,25+,27-,28+,29-,30-/m0/s1. The highest BCUT2D eigenvalue weighted by Gasteiger charge is 2.70. The Bertz CT molecular complexity index is 786. The smallest absolute Gasteiger partial charge is 0.0594 e. The highest BCUT2D eigenvalue weighted by molar-refractivity contribution is 5.21. The van der Waals surface area contributed by atoms with Crippen molar-refractivity contribution in [3.05, 3.63) is 12.2 Å². The molecule has 182 valence electrons. The van der Waals surface area contributed by atoms with Crippen LogP contribution in [0.25, 0.3) is 0 Å². The molecule has 5 fully saturated rings. The van der Waals surface area contributed by atoms with Crippen LogP contribution in [0.1, 0.15) is 106 Å². The molecule has 0 spiro atoms. The lowest BCUT2D eigenvalue weighted by Gasteiger charge is -2.73. The quantitative estimate of drug-likeness (QED) is 0.452. The Balaban J connectivity index is 1.55. The van der Waals surface area contributed by atoms with Crippen molar-refractivity contribution >= 4 is 0 Å². The summed E-state index contributed by atoms with van der Waals surface area (Å²) in [6, 6.07) is 0. The molecule has 32 heavy (non-hydrogen) atoms. The number of allylic oxidation sites excluding steroid dienone is 1. The Kier molecular flexibility index (Phi) is 5.19. The number of fused-ring (bicyclic) bond motifs is 7. The summed E-state index contributed by atoms with van der Waals surface area (Å²) in [5.74, 6) is 3.33. The number of hydrogen-bond acceptors (Lipinski definition) is 2. The molecule has 2 heteroatoms. The van der Waals surface area contributed by atoms with Gasteiger partial charge in [-0.25, -0.2) is 0 Å². The predicted octanol–water partition coefficient (Wildman–Crippen LogP) is 7.00. The number of aliphatic hydroxyl groups is 2. The molecule has 0 heterocycles. The maximum atomic E-state index is 10.9. The lowest BCUT2D eigenvalue weighted by Crippen LogP contribution is -2.66. The first kappa shape index (κ1) is 23.4. The molecule has 5 aliphatic rings. The van der Waals surface area contributed by atoms with E-state index in [1.807, 2.05) is 0 Å². The molecule has 10 atom stereocenters. The van der Waals surface area contributed by atoms with E-state index in [2.05, 4.69) is 48.1 Å². The van der Waals surface area contributed by atoms with Crippen LogP contribution in [-0.2, 0) is 0 Å². The van der Waals surface area contributed by atoms with Gasteiger partial charge in [-0.1, -0.05) is 46.8 Å². The van der Waals surface area contributed by atoms with Crippen molar-refractivity contribution in [2.24, 2.45) is 56.7 Å². The van der Waals surface area contributed by atoms with Crippen molar-refractivity contribution in [1.82, 2.24) is 0 Å². The molecule has 0 unspecified atom stereocenters. The van der Waals surface area contributed by atoms with Crippen LogP contribution in [0.5, 0.6) is 0 Å². The molecule has 5 aliphatic carbocycles. The van der Waals surface area contributed by atoms with Crippen molar-refractivity contribution in [2.45, 2.75) is 112 Å². The van der Waals surface area contributed by atoms with Gasteiger partial charge in [0, 0.05) is 6.61 Å². The minimum absolute atomic E-state index is 0.0290. The van der Waals surface area contributed by atoms with Gasteiger partial charge in [0.05, 0.1) is 6.10 Å². The van der Waals surface area contributed by atoms with Crippen LogP contribution in [0, 0.1) is 56.7 Å². The summed E-state index contributed by atoms with van der Waals surface area (Å²) < 4.78 is 0. The number of aliphatic hydroxyl groups excluding tert-OH is 2. The van der Waals surface area contributed by atoms with Gasteiger partial charge in [0.1, 0.15) is 0 Å². The topological polar surface area (TPSA) is 40.5 Å². The number of hydrogen-bond donors (Lipinski definition) is 2. The average molecular weight is 443 g/mol. The van der Waals surface area contributed by atoms with Gasteiger partial charge in [0.2, 0.25) is 0 Å². The van der Waals surface area contributed by atoms with Crippen molar-refractivity contribution in [3.8, 4) is 0 Å². The lowest BCUT2D eigenvalue weighted by atomic mass is 9.32. The molecule has 5 rings (SSSR count). The van der Waals surface area contributed by atoms with Crippen LogP contribution in [-0.4, -0.2) is 22.9 Å². The third-order valence-corrected chi connectivity index (χ3v) is 13.5. The van der Waals surface area contributed by atoms with Crippen LogP contribution >= 0.6 is 0 Å². The van der Waals surface area contributed by atoms with E-state index in [4.69, 9.17) is 0 Å². The SMILES string of the molecule is C=C(C)[C@@H]1CC[C@@]2(CO)CC[C@]3(C)[C@H](CC[C@H]4[C@@]5(C)CC[C@H](O)C(C)(C)[C@H]5CC[C@@]43C)[C@@H]12. The molecular weight excluding hydrogens is 392 g/mol. The molecule has 0 aromatic heterocycles. The van der Waals surface area contributed by atoms with Gasteiger partial charge in [0.15, 0.2) is 0 Å². The van der Waals surface area contributed by atoms with Crippen LogP contribution < -0.4 is 0 Å². The van der Waals surface area contributed by atoms with Crippen molar-refractivity contribution in [2.75, 3.05) is 6.61 Å². The van der Waals surface area contributed by atoms with Crippen LogP contribution in [0.2, 0.25) is 0 Å². The Hall–Kier alpha value is -0.340. The monoisotopic (exact) mass is 442 g/mol. The highest BCUT2D eigenvalue weighted by Crippen LogP contribution is 2.77. The summed E-state index contributed by atoms with van der Waals surface area (Å²) >= 11 is 0. The molecule has 2 nitrogen and oxygen atoms in total. The third kappa shape index (κ3) is 2.66. The normalized spacial score (nSPS) is 56.5. The van der Waals surface area contributed by atoms with Crippen LogP contribution in [0.4, 0.5) is 0 Å². The second-order valence-corrected chi connectivity index (χ2v) is 14.6. The zero-order valence-electron chi connectivity index (χ0n) is 21.8. The second kappa shape index (κ2) is 7.09. The third-order valence-electron chi connectivity index (χ3n) is 13.5. The zero-order valence-corrected chi connectivity index (χ0v) is 21.8. The predicted molar refractivity (Wildman–Crippen MR) is 132 cm³/mol. The Morgan fingerprint density at radius 2 is 1.53 bits per heavy atom. The first-order valence-corrected chi connectivity index (χ1v) is 13.8. The summed E-state index contributed by atoms with van der Waals surface area (Å²) in [5.41, 5.74) is 2.60. The average Bonchev–Trinajstić information content (AvgIpc) is 3.12. The van der Waals surface area contributed by atoms with Crippen molar-refractivity contribution in [1.29, 1.82) is 0 Å². The van der Waals surface area contributed by atoms with Crippen molar-refractivity contribution in [3.63, 3.8) is 0 Å². The highest BCUT2D eigenvalue weighted by atomic mass is 16.3. The zero-order chi connectivity index (χ0) is 23.3. The van der Waals surface area contributed by atoms with E-state index in [1.54, 1.807) is 0 Å². The summed E-state index contributed by atoms with van der Waals surface area (Å²) in [4.78, 5) is 0. The minimum atomic E-state index is -0.147. The van der Waals surface area contributed by atoms with Gasteiger partial charge in [0.25, 0.3) is 0 Å². The van der Waals surface area contributed by atoms with Crippen molar-refractivity contribution < 1.29 is 10.2 Å². The molecule has 5 saturated carbocycles. The van der Waals surface area contributed by atoms with Gasteiger partial charge < -0.3 is 10.2 Å².